The number of alkyl carbamates (subject to hydrolysis) is 1. The van der Waals surface area contributed by atoms with Gasteiger partial charge in [-0.25, -0.2) is 23.0 Å². The zero-order valence-electron chi connectivity index (χ0n) is 41.2. The minimum absolute atomic E-state index is 0.0141. The number of nitrogens with one attached hydrogen (secondary N) is 3. The van der Waals surface area contributed by atoms with Crippen LogP contribution < -0.4 is 29.6 Å². The molecule has 7 aliphatic rings. The molecule has 4 saturated carbocycles. The topological polar surface area (TPSA) is 221 Å². The number of nitrogens with zero attached hydrogens (tertiary/aromatic N) is 3. The minimum Gasteiger partial charge on any atom is -0.494 e. The first-order chi connectivity index (χ1) is 33.3. The van der Waals surface area contributed by atoms with Crippen LogP contribution in [0.5, 0.6) is 17.4 Å². The number of hydrogen-bond donors (Lipinski definition) is 3. The predicted octanol–water partition coefficient (Wildman–Crippen LogP) is 6.08. The van der Waals surface area contributed by atoms with E-state index in [4.69, 9.17) is 28.7 Å². The number of amides is 5. The van der Waals surface area contributed by atoms with Crippen molar-refractivity contribution < 1.29 is 56.1 Å². The first-order valence-electron chi connectivity index (χ1n) is 25.4. The molecule has 18 nitrogen and oxygen atoms in total. The Kier molecular flexibility index (Phi) is 13.7. The minimum atomic E-state index is -4.05. The summed E-state index contributed by atoms with van der Waals surface area (Å²) in [5.74, 6) is -1.18. The molecule has 3 aliphatic heterocycles. The van der Waals surface area contributed by atoms with Crippen molar-refractivity contribution in [2.24, 2.45) is 23.7 Å². The number of methoxy groups -OCH3 is 1. The SMILES string of the molecule is C=C[C@@H]1C[C@]1(NC(=O)[C@@H]1C[C@@H]2CN1C(=O)[C@H](C1CCCCC1)NC(=O)O[C@@H]1C[C@H]1CCCCCc1c(nc3c(OC)cccc3c1OCC1CN(C(=O)OC(C)(C)C)C1)O2)C(=O)NS(=O)(=O)C1(C)CC1. The van der Waals surface area contributed by atoms with Crippen LogP contribution in [0.1, 0.15) is 123 Å². The van der Waals surface area contributed by atoms with Crippen molar-refractivity contribution in [3.05, 3.63) is 36.4 Å². The average molecular weight is 991 g/mol. The van der Waals surface area contributed by atoms with E-state index in [0.717, 1.165) is 62.3 Å². The normalized spacial score (nSPS) is 29.3. The molecule has 0 unspecified atom stereocenters. The van der Waals surface area contributed by atoms with Crippen molar-refractivity contribution in [1.29, 1.82) is 0 Å². The van der Waals surface area contributed by atoms with E-state index in [1.807, 2.05) is 32.9 Å². The number of para-hydroxylation sites is 1. The van der Waals surface area contributed by atoms with Crippen LogP contribution in [0.3, 0.4) is 0 Å². The van der Waals surface area contributed by atoms with E-state index in [2.05, 4.69) is 21.9 Å². The molecule has 6 fully saturated rings. The van der Waals surface area contributed by atoms with Crippen LogP contribution in [0, 0.1) is 23.7 Å². The highest BCUT2D eigenvalue weighted by Gasteiger charge is 2.63. The van der Waals surface area contributed by atoms with Gasteiger partial charge in [0.25, 0.3) is 5.91 Å². The maximum Gasteiger partial charge on any atom is 0.410 e. The second-order valence-corrected chi connectivity index (χ2v) is 24.3. The van der Waals surface area contributed by atoms with Crippen LogP contribution >= 0.6 is 0 Å². The van der Waals surface area contributed by atoms with Crippen LogP contribution in [0.4, 0.5) is 9.59 Å². The Morgan fingerprint density at radius 3 is 2.37 bits per heavy atom. The Balaban J connectivity index is 1.05. The van der Waals surface area contributed by atoms with Gasteiger partial charge in [0, 0.05) is 36.7 Å². The van der Waals surface area contributed by atoms with Crippen LogP contribution in [0.15, 0.2) is 30.9 Å². The van der Waals surface area contributed by atoms with E-state index in [1.54, 1.807) is 25.0 Å². The molecule has 1 aromatic carbocycles. The van der Waals surface area contributed by atoms with Crippen LogP contribution in [0.2, 0.25) is 0 Å². The summed E-state index contributed by atoms with van der Waals surface area (Å²) >= 11 is 0. The largest absolute Gasteiger partial charge is 0.494 e. The second kappa shape index (κ2) is 19.4. The fourth-order valence-corrected chi connectivity index (χ4v) is 12.1. The maximum absolute atomic E-state index is 15.2. The van der Waals surface area contributed by atoms with Gasteiger partial charge in [-0.05, 0) is 109 Å². The lowest BCUT2D eigenvalue weighted by Gasteiger charge is -2.39. The van der Waals surface area contributed by atoms with Crippen molar-refractivity contribution in [2.45, 2.75) is 164 Å². The molecule has 2 saturated heterocycles. The molecule has 7 atom stereocenters. The summed E-state index contributed by atoms with van der Waals surface area (Å²) in [6.07, 6.45) is 9.18. The van der Waals surface area contributed by atoms with Gasteiger partial charge in [0.05, 0.1) is 30.6 Å². The number of fused-ring (bicyclic) bond motifs is 5. The standard InChI is InChI=1S/C51H70N6O12S/c1-7-33-25-51(33,46(60)55-70(63,64)50(5)21-22-50)54-43(58)37-24-34-28-57(37)45(59)40(31-15-10-8-11-16-31)53-47(61)68-39-23-32(39)17-12-9-13-18-36-42(35-19-14-20-38(65-6)41(35)52-44(36)67-34)66-29-30-26-56(27-30)48(62)69-49(2,3)4/h7,14,19-20,30-34,37,39-40H,1,8-13,15-18,21-29H2,2-6H3,(H,53,61)(H,54,58)(H,55,60)/t32-,33-,34-,37+,39-,40+,51-/m1/s1. The predicted molar refractivity (Wildman–Crippen MR) is 258 cm³/mol. The fraction of sp³-hybridized carbons (Fsp3) is 0.686. The summed E-state index contributed by atoms with van der Waals surface area (Å²) < 4.78 is 58.8. The van der Waals surface area contributed by atoms with Gasteiger partial charge in [-0.2, -0.15) is 0 Å². The van der Waals surface area contributed by atoms with E-state index in [-0.39, 0.29) is 55.2 Å². The Morgan fingerprint density at radius 1 is 0.986 bits per heavy atom. The third-order valence-electron chi connectivity index (χ3n) is 15.6. The third-order valence-corrected chi connectivity index (χ3v) is 17.7. The first kappa shape index (κ1) is 49.6. The van der Waals surface area contributed by atoms with Crippen molar-refractivity contribution in [2.75, 3.05) is 33.4 Å². The molecule has 2 bridgehead atoms. The molecule has 0 radical (unpaired) electrons. The third kappa shape index (κ3) is 10.4. The molecule has 3 N–H and O–H groups in total. The summed E-state index contributed by atoms with van der Waals surface area (Å²) in [5, 5.41) is 6.56. The van der Waals surface area contributed by atoms with Gasteiger partial charge in [-0.1, -0.05) is 44.2 Å². The highest BCUT2D eigenvalue weighted by Crippen LogP contribution is 2.48. The molecule has 2 aromatic rings. The molecule has 4 aliphatic carbocycles. The van der Waals surface area contributed by atoms with E-state index >= 15 is 4.79 Å². The average Bonchev–Trinajstić information content (AvgIpc) is 4.26. The van der Waals surface area contributed by atoms with Gasteiger partial charge in [0.1, 0.15) is 52.4 Å². The summed E-state index contributed by atoms with van der Waals surface area (Å²) in [4.78, 5) is 78.7. The highest BCUT2D eigenvalue weighted by molar-refractivity contribution is 7.91. The zero-order chi connectivity index (χ0) is 49.8. The Labute approximate surface area is 410 Å². The number of likely N-dealkylation sites (tertiary alicyclic amines) is 1. The van der Waals surface area contributed by atoms with E-state index in [9.17, 15) is 27.6 Å². The van der Waals surface area contributed by atoms with Gasteiger partial charge < -0.3 is 44.1 Å². The molecule has 5 amide bonds. The molecule has 382 valence electrons. The van der Waals surface area contributed by atoms with Crippen LogP contribution in [-0.2, 0) is 40.3 Å². The van der Waals surface area contributed by atoms with Gasteiger partial charge >= 0.3 is 12.2 Å². The number of sulfonamides is 1. The number of aromatic nitrogens is 1. The van der Waals surface area contributed by atoms with Crippen LogP contribution in [-0.4, -0.2) is 127 Å². The molecule has 9 rings (SSSR count). The summed E-state index contributed by atoms with van der Waals surface area (Å²) in [6, 6.07) is 3.42. The van der Waals surface area contributed by atoms with E-state index < -0.39 is 73.8 Å². The fourth-order valence-electron chi connectivity index (χ4n) is 10.8. The number of ether oxygens (including phenoxy) is 5. The molecule has 4 heterocycles. The Hall–Kier alpha value is -5.33. The Morgan fingerprint density at radius 2 is 1.70 bits per heavy atom. The number of rotatable bonds is 11. The van der Waals surface area contributed by atoms with Crippen molar-refractivity contribution in [3.63, 3.8) is 0 Å². The molecule has 0 spiro atoms. The summed E-state index contributed by atoms with van der Waals surface area (Å²) in [7, 11) is -2.48. The van der Waals surface area contributed by atoms with Gasteiger partial charge in [-0.15, -0.1) is 6.58 Å². The lowest BCUT2D eigenvalue weighted by atomic mass is 9.83. The number of benzene rings is 1. The molecule has 19 heteroatoms. The van der Waals surface area contributed by atoms with Crippen molar-refractivity contribution in [3.8, 4) is 17.4 Å². The van der Waals surface area contributed by atoms with Gasteiger partial charge in [0.15, 0.2) is 0 Å². The van der Waals surface area contributed by atoms with Gasteiger partial charge in [0.2, 0.25) is 27.7 Å². The number of carbonyl (C=O) groups is 5. The second-order valence-electron chi connectivity index (χ2n) is 22.1. The van der Waals surface area contributed by atoms with E-state index in [0.29, 0.717) is 68.8 Å². The number of hydrogen-bond acceptors (Lipinski definition) is 13. The molecule has 70 heavy (non-hydrogen) atoms. The summed E-state index contributed by atoms with van der Waals surface area (Å²) in [6.45, 7) is 12.1. The molecule has 1 aromatic heterocycles. The number of pyridine rings is 1. The zero-order valence-corrected chi connectivity index (χ0v) is 42.0. The smallest absolute Gasteiger partial charge is 0.410 e. The lowest BCUT2D eigenvalue weighted by molar-refractivity contribution is -0.142. The maximum atomic E-state index is 15.2. The lowest BCUT2D eigenvalue weighted by Crippen LogP contribution is -2.59. The van der Waals surface area contributed by atoms with Gasteiger partial charge in [-0.3, -0.25) is 19.1 Å². The van der Waals surface area contributed by atoms with Crippen molar-refractivity contribution in [1.82, 2.24) is 30.1 Å². The summed E-state index contributed by atoms with van der Waals surface area (Å²) in [5.41, 5.74) is -1.00. The van der Waals surface area contributed by atoms with Crippen molar-refractivity contribution >= 4 is 50.8 Å². The van der Waals surface area contributed by atoms with Crippen LogP contribution in [0.25, 0.3) is 10.9 Å². The number of carbonyl (C=O) groups excluding carboxylic acids is 5. The first-order valence-corrected chi connectivity index (χ1v) is 26.9. The molecular formula is C51H70N6O12S. The highest BCUT2D eigenvalue weighted by atomic mass is 32.2. The van der Waals surface area contributed by atoms with E-state index in [1.165, 1.54) is 11.0 Å². The quantitative estimate of drug-likeness (QED) is 0.218. The Bertz CT molecular complexity index is 2500. The molecular weight excluding hydrogens is 921 g/mol. The monoisotopic (exact) mass is 990 g/mol.